The molecule has 3 rings (SSSR count). The van der Waals surface area contributed by atoms with Gasteiger partial charge in [0.25, 0.3) is 0 Å². The molecule has 1 aliphatic rings. The fraction of sp³-hybridized carbons (Fsp3) is 0.600. The zero-order chi connectivity index (χ0) is 15.7. The fourth-order valence-electron chi connectivity index (χ4n) is 3.10. The van der Waals surface area contributed by atoms with Crippen molar-refractivity contribution in [3.8, 4) is 0 Å². The second-order valence-corrected chi connectivity index (χ2v) is 5.95. The monoisotopic (exact) mass is 304 g/mol. The molecule has 1 saturated carbocycles. The van der Waals surface area contributed by atoms with Crippen LogP contribution in [0, 0.1) is 20.8 Å². The third-order valence-corrected chi connectivity index (χ3v) is 4.31. The van der Waals surface area contributed by atoms with Gasteiger partial charge in [-0.3, -0.25) is 4.79 Å². The molecule has 1 N–H and O–H groups in total. The Hall–Kier alpha value is -2.18. The highest BCUT2D eigenvalue weighted by Crippen LogP contribution is 2.37. The van der Waals surface area contributed by atoms with E-state index in [0.717, 1.165) is 36.9 Å². The molecule has 2 aromatic heterocycles. The van der Waals surface area contributed by atoms with Crippen LogP contribution in [0.15, 0.2) is 9.05 Å². The highest BCUT2D eigenvalue weighted by atomic mass is 16.5. The van der Waals surface area contributed by atoms with Gasteiger partial charge in [0.05, 0.1) is 12.1 Å². The van der Waals surface area contributed by atoms with Gasteiger partial charge in [-0.15, -0.1) is 0 Å². The maximum atomic E-state index is 12.5. The number of carbonyl (C=O) groups excluding carboxylic acids is 1. The van der Waals surface area contributed by atoms with Gasteiger partial charge < -0.3 is 14.4 Å². The van der Waals surface area contributed by atoms with Crippen LogP contribution in [0.25, 0.3) is 0 Å². The van der Waals surface area contributed by atoms with Gasteiger partial charge in [-0.1, -0.05) is 23.2 Å². The van der Waals surface area contributed by atoms with Crippen molar-refractivity contribution in [1.82, 2.24) is 20.6 Å². The molecule has 0 unspecified atom stereocenters. The average Bonchev–Trinajstić information content (AvgIpc) is 3.17. The van der Waals surface area contributed by atoms with Crippen molar-refractivity contribution in [1.29, 1.82) is 0 Å². The van der Waals surface area contributed by atoms with Crippen LogP contribution in [-0.2, 0) is 16.8 Å². The van der Waals surface area contributed by atoms with Gasteiger partial charge in [0, 0.05) is 12.5 Å². The Labute approximate surface area is 128 Å². The normalized spacial score (nSPS) is 16.9. The first-order chi connectivity index (χ1) is 10.5. The predicted octanol–water partition coefficient (Wildman–Crippen LogP) is 2.11. The first-order valence-corrected chi connectivity index (χ1v) is 7.54. The zero-order valence-corrected chi connectivity index (χ0v) is 13.1. The Morgan fingerprint density at radius 1 is 1.18 bits per heavy atom. The molecule has 0 atom stereocenters. The molecule has 0 saturated heterocycles. The lowest BCUT2D eigenvalue weighted by Crippen LogP contribution is -2.45. The summed E-state index contributed by atoms with van der Waals surface area (Å²) in [6.45, 7) is 5.41. The number of hydrogen-bond acceptors (Lipinski definition) is 6. The van der Waals surface area contributed by atoms with Crippen molar-refractivity contribution in [2.45, 2.75) is 58.4 Å². The van der Waals surface area contributed by atoms with Crippen LogP contribution >= 0.6 is 0 Å². The molecule has 7 nitrogen and oxygen atoms in total. The summed E-state index contributed by atoms with van der Waals surface area (Å²) < 4.78 is 10.2. The van der Waals surface area contributed by atoms with Crippen LogP contribution in [0.1, 0.15) is 54.4 Å². The Kier molecular flexibility index (Phi) is 3.72. The lowest BCUT2D eigenvalue weighted by molar-refractivity contribution is -0.122. The lowest BCUT2D eigenvalue weighted by atomic mass is 9.95. The Morgan fingerprint density at radius 2 is 1.91 bits per heavy atom. The van der Waals surface area contributed by atoms with Gasteiger partial charge in [0.2, 0.25) is 11.8 Å². The standard InChI is InChI=1S/C15H20N4O3/c1-9-12(10(2)21-18-9)8-13(20)17-15(6-4-5-7-15)14-16-11(3)22-19-14/h4-8H2,1-3H3,(H,17,20). The minimum atomic E-state index is -0.506. The second kappa shape index (κ2) is 5.55. The molecule has 1 aliphatic carbocycles. The first kappa shape index (κ1) is 14.7. The second-order valence-electron chi connectivity index (χ2n) is 5.95. The predicted molar refractivity (Wildman–Crippen MR) is 77.0 cm³/mol. The fourth-order valence-corrected chi connectivity index (χ4v) is 3.10. The van der Waals surface area contributed by atoms with E-state index in [1.807, 2.05) is 13.8 Å². The SMILES string of the molecule is Cc1nc(C2(NC(=O)Cc3c(C)noc3C)CCCC2)no1. The zero-order valence-electron chi connectivity index (χ0n) is 13.1. The number of carbonyl (C=O) groups is 1. The van der Waals surface area contributed by atoms with Crippen molar-refractivity contribution >= 4 is 5.91 Å². The van der Waals surface area contributed by atoms with Gasteiger partial charge in [-0.2, -0.15) is 4.98 Å². The number of nitrogens with zero attached hydrogens (tertiary/aromatic N) is 3. The molecule has 2 aromatic rings. The van der Waals surface area contributed by atoms with Gasteiger partial charge >= 0.3 is 0 Å². The highest BCUT2D eigenvalue weighted by Gasteiger charge is 2.41. The summed E-state index contributed by atoms with van der Waals surface area (Å²) in [6.07, 6.45) is 4.00. The molecule has 0 spiro atoms. The quantitative estimate of drug-likeness (QED) is 0.929. The molecule has 7 heteroatoms. The van der Waals surface area contributed by atoms with E-state index in [0.29, 0.717) is 17.5 Å². The molecule has 1 amide bonds. The van der Waals surface area contributed by atoms with Crippen LogP contribution in [0.2, 0.25) is 0 Å². The van der Waals surface area contributed by atoms with Gasteiger partial charge in [-0.05, 0) is 26.7 Å². The molecular formula is C15H20N4O3. The number of aryl methyl sites for hydroxylation is 3. The molecule has 0 bridgehead atoms. The molecule has 0 aromatic carbocycles. The van der Waals surface area contributed by atoms with Crippen molar-refractivity contribution in [2.24, 2.45) is 0 Å². The lowest BCUT2D eigenvalue weighted by Gasteiger charge is -2.26. The Bertz CT molecular complexity index is 663. The van der Waals surface area contributed by atoms with Crippen LogP contribution in [0.4, 0.5) is 0 Å². The number of aromatic nitrogens is 3. The van der Waals surface area contributed by atoms with Gasteiger partial charge in [0.15, 0.2) is 5.82 Å². The van der Waals surface area contributed by atoms with E-state index in [2.05, 4.69) is 20.6 Å². The van der Waals surface area contributed by atoms with Gasteiger partial charge in [-0.25, -0.2) is 0 Å². The number of nitrogens with one attached hydrogen (secondary N) is 1. The first-order valence-electron chi connectivity index (χ1n) is 7.54. The van der Waals surface area contributed by atoms with E-state index >= 15 is 0 Å². The minimum Gasteiger partial charge on any atom is -0.361 e. The molecule has 22 heavy (non-hydrogen) atoms. The Balaban J connectivity index is 1.78. The van der Waals surface area contributed by atoms with E-state index < -0.39 is 5.54 Å². The van der Waals surface area contributed by atoms with Crippen molar-refractivity contribution < 1.29 is 13.8 Å². The summed E-state index contributed by atoms with van der Waals surface area (Å²) in [7, 11) is 0. The van der Waals surface area contributed by atoms with Gasteiger partial charge in [0.1, 0.15) is 11.3 Å². The maximum absolute atomic E-state index is 12.5. The van der Waals surface area contributed by atoms with E-state index in [4.69, 9.17) is 9.05 Å². The van der Waals surface area contributed by atoms with Crippen LogP contribution in [0.5, 0.6) is 0 Å². The summed E-state index contributed by atoms with van der Waals surface area (Å²) in [5.74, 6) is 1.71. The minimum absolute atomic E-state index is 0.0706. The molecule has 2 heterocycles. The average molecular weight is 304 g/mol. The molecular weight excluding hydrogens is 284 g/mol. The smallest absolute Gasteiger partial charge is 0.225 e. The molecule has 118 valence electrons. The third kappa shape index (κ3) is 2.63. The topological polar surface area (TPSA) is 94.1 Å². The summed E-state index contributed by atoms with van der Waals surface area (Å²) >= 11 is 0. The molecule has 0 aliphatic heterocycles. The van der Waals surface area contributed by atoms with Crippen LogP contribution in [-0.4, -0.2) is 21.2 Å². The van der Waals surface area contributed by atoms with E-state index in [1.54, 1.807) is 6.92 Å². The number of amides is 1. The summed E-state index contributed by atoms with van der Waals surface area (Å²) in [5.41, 5.74) is 1.09. The summed E-state index contributed by atoms with van der Waals surface area (Å²) in [6, 6.07) is 0. The Morgan fingerprint density at radius 3 is 2.45 bits per heavy atom. The van der Waals surface area contributed by atoms with Crippen molar-refractivity contribution in [3.63, 3.8) is 0 Å². The molecule has 0 radical (unpaired) electrons. The van der Waals surface area contributed by atoms with E-state index in [-0.39, 0.29) is 12.3 Å². The van der Waals surface area contributed by atoms with Crippen LogP contribution < -0.4 is 5.32 Å². The number of hydrogen-bond donors (Lipinski definition) is 1. The van der Waals surface area contributed by atoms with Crippen LogP contribution in [0.3, 0.4) is 0 Å². The third-order valence-electron chi connectivity index (χ3n) is 4.31. The summed E-state index contributed by atoms with van der Waals surface area (Å²) in [4.78, 5) is 16.8. The number of rotatable bonds is 4. The summed E-state index contributed by atoms with van der Waals surface area (Å²) in [5, 5.41) is 11.0. The van der Waals surface area contributed by atoms with Crippen molar-refractivity contribution in [3.05, 3.63) is 28.7 Å². The van der Waals surface area contributed by atoms with E-state index in [9.17, 15) is 4.79 Å². The maximum Gasteiger partial charge on any atom is 0.225 e. The highest BCUT2D eigenvalue weighted by molar-refractivity contribution is 5.80. The van der Waals surface area contributed by atoms with Crippen molar-refractivity contribution in [2.75, 3.05) is 0 Å². The largest absolute Gasteiger partial charge is 0.361 e. The van der Waals surface area contributed by atoms with E-state index in [1.165, 1.54) is 0 Å². The molecule has 1 fully saturated rings.